The van der Waals surface area contributed by atoms with Gasteiger partial charge in [0.25, 0.3) is 5.91 Å². The number of piperidine rings is 1. The molecule has 2 N–H and O–H groups in total. The first-order valence-corrected chi connectivity index (χ1v) is 25.7. The van der Waals surface area contributed by atoms with E-state index in [1.807, 2.05) is 65.6 Å². The van der Waals surface area contributed by atoms with Gasteiger partial charge in [0.15, 0.2) is 12.8 Å². The Morgan fingerprint density at radius 1 is 0.857 bits per heavy atom. The van der Waals surface area contributed by atoms with Gasteiger partial charge in [0, 0.05) is 64.4 Å². The topological polar surface area (TPSA) is 206 Å². The van der Waals surface area contributed by atoms with Crippen molar-refractivity contribution in [2.45, 2.75) is 151 Å². The lowest BCUT2D eigenvalue weighted by atomic mass is 9.92. The number of likely N-dealkylation sites (N-methyl/N-ethyl adjacent to an activating group) is 3. The van der Waals surface area contributed by atoms with Gasteiger partial charge < -0.3 is 44.3 Å². The van der Waals surface area contributed by atoms with Crippen LogP contribution in [0.3, 0.4) is 0 Å². The van der Waals surface area contributed by atoms with Gasteiger partial charge in [-0.2, -0.15) is 0 Å². The quantitative estimate of drug-likeness (QED) is 0.0534. The fraction of sp³-hybridized carbons (Fsp3) is 0.686. The van der Waals surface area contributed by atoms with E-state index in [0.717, 1.165) is 36.3 Å². The lowest BCUT2D eigenvalue weighted by molar-refractivity contribution is -0.161. The fourth-order valence-corrected chi connectivity index (χ4v) is 9.03. The standard InChI is InChI=1S/C51H81N7O11S/c1-14-35(9)45(54-47(62)41-18-16-17-23-55(41)11)49(63)58(31-67-44(60)27-33(5)6)42(34(7)8)29-43(68-36(10)59)48-53-40(30-70-48)46(61)52-38(26-32(3)4)28-37-19-21-39(22-20-37)69-51(65)57(13)25-24-56(12)50(64)66-15-2/h19-22,30,32-35,38,41-43,45H,14-18,23-29,31H2,1-13H3,(H,52,61)(H,54,62). The Morgan fingerprint density at radius 3 is 2.09 bits per heavy atom. The molecule has 2 heterocycles. The van der Waals surface area contributed by atoms with Gasteiger partial charge in [-0.3, -0.25) is 28.9 Å². The van der Waals surface area contributed by atoms with Crippen LogP contribution in [0.25, 0.3) is 0 Å². The third-order valence-corrected chi connectivity index (χ3v) is 13.3. The second kappa shape index (κ2) is 29.1. The van der Waals surface area contributed by atoms with E-state index in [9.17, 15) is 33.6 Å². The number of rotatable bonds is 26. The van der Waals surface area contributed by atoms with Crippen LogP contribution in [0.1, 0.15) is 141 Å². The van der Waals surface area contributed by atoms with E-state index < -0.39 is 54.1 Å². The van der Waals surface area contributed by atoms with Crippen molar-refractivity contribution >= 4 is 53.2 Å². The Kier molecular flexibility index (Phi) is 24.6. The Hall–Kier alpha value is -5.30. The van der Waals surface area contributed by atoms with Gasteiger partial charge in [-0.15, -0.1) is 11.3 Å². The van der Waals surface area contributed by atoms with Gasteiger partial charge in [0.1, 0.15) is 22.5 Å². The van der Waals surface area contributed by atoms with E-state index in [4.69, 9.17) is 23.9 Å². The van der Waals surface area contributed by atoms with Crippen LogP contribution in [-0.2, 0) is 39.8 Å². The molecule has 19 heteroatoms. The molecule has 0 spiro atoms. The molecule has 0 bridgehead atoms. The second-order valence-electron chi connectivity index (χ2n) is 19.7. The number of amides is 5. The van der Waals surface area contributed by atoms with Crippen LogP contribution in [0.15, 0.2) is 29.6 Å². The molecule has 70 heavy (non-hydrogen) atoms. The van der Waals surface area contributed by atoms with Gasteiger partial charge in [0.05, 0.1) is 12.6 Å². The summed E-state index contributed by atoms with van der Waals surface area (Å²) in [4.78, 5) is 104. The first-order valence-electron chi connectivity index (χ1n) is 24.8. The Labute approximate surface area is 419 Å². The molecule has 18 nitrogen and oxygen atoms in total. The van der Waals surface area contributed by atoms with Crippen molar-refractivity contribution < 1.29 is 52.5 Å². The van der Waals surface area contributed by atoms with E-state index in [2.05, 4.69) is 24.5 Å². The Morgan fingerprint density at radius 2 is 1.51 bits per heavy atom. The highest BCUT2D eigenvalue weighted by Gasteiger charge is 2.39. The summed E-state index contributed by atoms with van der Waals surface area (Å²) in [6.45, 7) is 19.8. The summed E-state index contributed by atoms with van der Waals surface area (Å²) in [7, 11) is 5.08. The third kappa shape index (κ3) is 19.1. The minimum absolute atomic E-state index is 0.0199. The Balaban J connectivity index is 1.84. The molecule has 5 amide bonds. The lowest BCUT2D eigenvalue weighted by Crippen LogP contribution is -2.59. The zero-order valence-corrected chi connectivity index (χ0v) is 44.7. The Bertz CT molecular complexity index is 2010. The number of thiazole rings is 1. The molecular weight excluding hydrogens is 919 g/mol. The zero-order valence-electron chi connectivity index (χ0n) is 43.9. The number of likely N-dealkylation sites (tertiary alicyclic amines) is 1. The second-order valence-corrected chi connectivity index (χ2v) is 20.6. The highest BCUT2D eigenvalue weighted by molar-refractivity contribution is 7.09. The number of hydrogen-bond acceptors (Lipinski definition) is 14. The summed E-state index contributed by atoms with van der Waals surface area (Å²) < 4.78 is 22.2. The summed E-state index contributed by atoms with van der Waals surface area (Å²) in [6, 6.07) is 4.79. The largest absolute Gasteiger partial charge is 0.455 e. The van der Waals surface area contributed by atoms with Crippen molar-refractivity contribution in [3.63, 3.8) is 0 Å². The minimum atomic E-state index is -0.976. The number of esters is 2. The van der Waals surface area contributed by atoms with Crippen LogP contribution < -0.4 is 15.4 Å². The third-order valence-electron chi connectivity index (χ3n) is 12.4. The number of aromatic nitrogens is 1. The van der Waals surface area contributed by atoms with Crippen LogP contribution in [-0.4, -0.2) is 145 Å². The van der Waals surface area contributed by atoms with Crippen molar-refractivity contribution in [1.82, 2.24) is 35.2 Å². The van der Waals surface area contributed by atoms with Crippen LogP contribution in [0.5, 0.6) is 5.75 Å². The minimum Gasteiger partial charge on any atom is -0.455 e. The van der Waals surface area contributed by atoms with E-state index in [1.54, 1.807) is 38.5 Å². The van der Waals surface area contributed by atoms with Crippen molar-refractivity contribution in [3.8, 4) is 5.75 Å². The predicted octanol–water partition coefficient (Wildman–Crippen LogP) is 7.46. The maximum Gasteiger partial charge on any atom is 0.415 e. The maximum absolute atomic E-state index is 14.9. The van der Waals surface area contributed by atoms with Gasteiger partial charge in [0.2, 0.25) is 11.8 Å². The SMILES string of the molecule is CCOC(=O)N(C)CCN(C)C(=O)Oc1ccc(CC(CC(C)C)NC(=O)c2csc(C(CC(C(C)C)N(COC(=O)CC(C)C)C(=O)C(NC(=O)C3CCCCN3C)C(C)CC)OC(C)=O)n2)cc1. The summed E-state index contributed by atoms with van der Waals surface area (Å²) in [6.07, 6.45) is 2.47. The van der Waals surface area contributed by atoms with Crippen LogP contribution >= 0.6 is 11.3 Å². The molecule has 1 aromatic carbocycles. The molecule has 1 aliphatic rings. The molecule has 1 saturated heterocycles. The monoisotopic (exact) mass is 1000 g/mol. The molecule has 0 saturated carbocycles. The lowest BCUT2D eigenvalue weighted by Gasteiger charge is -2.39. The number of nitrogens with zero attached hydrogens (tertiary/aromatic N) is 5. The van der Waals surface area contributed by atoms with Crippen molar-refractivity contribution in [3.05, 3.63) is 45.9 Å². The number of ether oxygens (including phenoxy) is 4. The van der Waals surface area contributed by atoms with E-state index >= 15 is 0 Å². The smallest absolute Gasteiger partial charge is 0.415 e. The summed E-state index contributed by atoms with van der Waals surface area (Å²) in [5.74, 6) is -2.03. The van der Waals surface area contributed by atoms with E-state index in [-0.39, 0.29) is 86.6 Å². The molecular formula is C51H81N7O11S. The van der Waals surface area contributed by atoms with Crippen molar-refractivity contribution in [2.75, 3.05) is 54.1 Å². The molecule has 392 valence electrons. The normalized spacial score (nSPS) is 16.1. The molecule has 6 unspecified atom stereocenters. The molecule has 1 fully saturated rings. The number of hydrogen-bond donors (Lipinski definition) is 2. The average Bonchev–Trinajstić information content (AvgIpc) is 3.80. The predicted molar refractivity (Wildman–Crippen MR) is 268 cm³/mol. The molecule has 1 aromatic heterocycles. The van der Waals surface area contributed by atoms with Crippen LogP contribution in [0.2, 0.25) is 0 Å². The zero-order chi connectivity index (χ0) is 52.2. The van der Waals surface area contributed by atoms with Crippen LogP contribution in [0.4, 0.5) is 9.59 Å². The molecule has 6 atom stereocenters. The number of benzene rings is 1. The van der Waals surface area contributed by atoms with Gasteiger partial charge in [-0.25, -0.2) is 14.6 Å². The highest BCUT2D eigenvalue weighted by atomic mass is 32.1. The first-order chi connectivity index (χ1) is 33.0. The molecule has 0 aliphatic carbocycles. The van der Waals surface area contributed by atoms with Gasteiger partial charge >= 0.3 is 24.1 Å². The summed E-state index contributed by atoms with van der Waals surface area (Å²) >= 11 is 1.16. The number of carbonyl (C=O) groups is 7. The summed E-state index contributed by atoms with van der Waals surface area (Å²) in [5, 5.41) is 8.18. The van der Waals surface area contributed by atoms with Crippen molar-refractivity contribution in [2.24, 2.45) is 23.7 Å². The van der Waals surface area contributed by atoms with Crippen molar-refractivity contribution in [1.29, 1.82) is 0 Å². The van der Waals surface area contributed by atoms with Gasteiger partial charge in [-0.05, 0) is 87.6 Å². The summed E-state index contributed by atoms with van der Waals surface area (Å²) in [5.41, 5.74) is 1.03. The molecule has 2 aromatic rings. The van der Waals surface area contributed by atoms with E-state index in [1.165, 1.54) is 21.6 Å². The fourth-order valence-electron chi connectivity index (χ4n) is 8.19. The maximum atomic E-state index is 14.9. The molecule has 1 aliphatic heterocycles. The van der Waals surface area contributed by atoms with E-state index in [0.29, 0.717) is 36.4 Å². The average molecular weight is 1000 g/mol. The molecule has 0 radical (unpaired) electrons. The number of nitrogens with one attached hydrogen (secondary N) is 2. The number of carbonyl (C=O) groups excluding carboxylic acids is 7. The van der Waals surface area contributed by atoms with Crippen LogP contribution in [0, 0.1) is 23.7 Å². The molecule has 3 rings (SSSR count). The first kappa shape index (κ1) is 59.0. The highest BCUT2D eigenvalue weighted by Crippen LogP contribution is 2.32. The van der Waals surface area contributed by atoms with Gasteiger partial charge in [-0.1, -0.05) is 80.4 Å².